The summed E-state index contributed by atoms with van der Waals surface area (Å²) < 4.78 is 19.4. The molecule has 0 aliphatic carbocycles. The summed E-state index contributed by atoms with van der Waals surface area (Å²) in [5.74, 6) is -1.51. The van der Waals surface area contributed by atoms with Gasteiger partial charge in [0.05, 0.1) is 50.3 Å². The van der Waals surface area contributed by atoms with Gasteiger partial charge in [0.25, 0.3) is 17.7 Å². The van der Waals surface area contributed by atoms with Gasteiger partial charge in [0.1, 0.15) is 33.5 Å². The van der Waals surface area contributed by atoms with Crippen LogP contribution < -0.4 is 14.7 Å². The second kappa shape index (κ2) is 17.7. The first-order chi connectivity index (χ1) is 36.7. The van der Waals surface area contributed by atoms with Gasteiger partial charge in [-0.05, 0) is 109 Å². The Morgan fingerprint density at radius 1 is 0.373 bits per heavy atom. The van der Waals surface area contributed by atoms with E-state index in [1.54, 1.807) is 95.1 Å². The highest BCUT2D eigenvalue weighted by atomic mass is 16.3. The first kappa shape index (κ1) is 44.5. The zero-order valence-electron chi connectivity index (χ0n) is 40.3. The van der Waals surface area contributed by atoms with Gasteiger partial charge < -0.3 is 28.0 Å². The molecule has 0 N–H and O–H groups in total. The number of anilines is 3. The van der Waals surface area contributed by atoms with E-state index in [1.165, 1.54) is 32.9 Å². The van der Waals surface area contributed by atoms with Gasteiger partial charge in [-0.2, -0.15) is 0 Å². The molecule has 9 heterocycles. The number of benzene rings is 4. The third-order valence-electron chi connectivity index (χ3n) is 13.7. The third-order valence-corrected chi connectivity index (χ3v) is 13.7. The molecule has 0 spiro atoms. The van der Waals surface area contributed by atoms with Crippen molar-refractivity contribution in [1.29, 1.82) is 0 Å². The molecule has 3 amide bonds. The number of pyridine rings is 6. The average molecular weight is 982 g/mol. The highest BCUT2D eigenvalue weighted by molar-refractivity contribution is 6.24. The van der Waals surface area contributed by atoms with Crippen molar-refractivity contribution in [2.24, 2.45) is 0 Å². The monoisotopic (exact) mass is 981 g/mol. The van der Waals surface area contributed by atoms with Crippen LogP contribution in [0.15, 0.2) is 196 Å². The molecule has 0 fully saturated rings. The second-order valence-electron chi connectivity index (χ2n) is 18.0. The van der Waals surface area contributed by atoms with Crippen LogP contribution in [0, 0.1) is 0 Å². The lowest BCUT2D eigenvalue weighted by Crippen LogP contribution is -2.31. The summed E-state index contributed by atoms with van der Waals surface area (Å²) in [6.07, 6.45) is 15.2. The Bertz CT molecular complexity index is 3980. The van der Waals surface area contributed by atoms with Crippen LogP contribution in [0.2, 0.25) is 0 Å². The molecular weight excluding hydrogens is 943 g/mol. The molecule has 0 unspecified atom stereocenters. The maximum Gasteiger partial charge on any atom is 0.258 e. The summed E-state index contributed by atoms with van der Waals surface area (Å²) in [6, 6.07) is 37.8. The molecule has 15 heteroatoms. The van der Waals surface area contributed by atoms with Crippen molar-refractivity contribution in [2.75, 3.05) is 35.8 Å². The molecule has 9 aromatic heterocycles. The van der Waals surface area contributed by atoms with E-state index >= 15 is 14.4 Å². The maximum absolute atomic E-state index is 15.3. The number of carbonyl (C=O) groups is 3. The van der Waals surface area contributed by atoms with Crippen LogP contribution in [0.5, 0.6) is 0 Å². The zero-order chi connectivity index (χ0) is 50.9. The number of amides is 3. The smallest absolute Gasteiger partial charge is 0.258 e. The van der Waals surface area contributed by atoms with E-state index in [0.29, 0.717) is 100.0 Å². The molecule has 13 rings (SSSR count). The first-order valence-corrected chi connectivity index (χ1v) is 23.8. The van der Waals surface area contributed by atoms with Crippen molar-refractivity contribution < 1.29 is 27.6 Å². The fourth-order valence-corrected chi connectivity index (χ4v) is 10.0. The number of carbonyl (C=O) groups excluding carboxylic acids is 3. The largest absolute Gasteiger partial charge is 0.455 e. The van der Waals surface area contributed by atoms with Crippen molar-refractivity contribution in [2.45, 2.75) is 0 Å². The lowest BCUT2D eigenvalue weighted by Gasteiger charge is -2.23. The summed E-state index contributed by atoms with van der Waals surface area (Å²) in [4.78, 5) is 77.4. The van der Waals surface area contributed by atoms with Gasteiger partial charge in [-0.25, -0.2) is 0 Å². The summed E-state index contributed by atoms with van der Waals surface area (Å²) in [7, 11) is 4.95. The first-order valence-electron chi connectivity index (χ1n) is 23.8. The van der Waals surface area contributed by atoms with E-state index in [9.17, 15) is 0 Å². The zero-order valence-corrected chi connectivity index (χ0v) is 40.3. The molecule has 0 aliphatic heterocycles. The minimum Gasteiger partial charge on any atom is -0.455 e. The highest BCUT2D eigenvalue weighted by Crippen LogP contribution is 2.44. The molecule has 75 heavy (non-hydrogen) atoms. The Balaban J connectivity index is 0.959. The number of rotatable bonds is 9. The number of hydrogen-bond donors (Lipinski definition) is 0. The van der Waals surface area contributed by atoms with Gasteiger partial charge in [0.15, 0.2) is 0 Å². The number of aromatic nitrogens is 6. The van der Waals surface area contributed by atoms with E-state index in [4.69, 9.17) is 13.3 Å². The van der Waals surface area contributed by atoms with E-state index in [2.05, 4.69) is 29.9 Å². The Morgan fingerprint density at radius 3 is 0.960 bits per heavy atom. The molecular formula is C60H39N9O6. The number of hydrogen-bond acceptors (Lipinski definition) is 12. The number of furan rings is 3. The van der Waals surface area contributed by atoms with Crippen molar-refractivity contribution >= 4 is 101 Å². The summed E-state index contributed by atoms with van der Waals surface area (Å²) in [6.45, 7) is 0. The fourth-order valence-electron chi connectivity index (χ4n) is 10.0. The Morgan fingerprint density at radius 2 is 0.680 bits per heavy atom. The van der Waals surface area contributed by atoms with Gasteiger partial charge in [-0.15, -0.1) is 0 Å². The quantitative estimate of drug-likeness (QED) is 0.134. The lowest BCUT2D eigenvalue weighted by molar-refractivity contribution is 0.0992. The van der Waals surface area contributed by atoms with Crippen LogP contribution >= 0.6 is 0 Å². The molecule has 0 radical (unpaired) electrons. The highest BCUT2D eigenvalue weighted by Gasteiger charge is 2.29. The van der Waals surface area contributed by atoms with E-state index in [-0.39, 0.29) is 16.7 Å². The predicted octanol–water partition coefficient (Wildman–Crippen LogP) is 12.6. The van der Waals surface area contributed by atoms with Crippen LogP contribution in [-0.4, -0.2) is 68.8 Å². The van der Waals surface area contributed by atoms with Crippen molar-refractivity contribution in [3.8, 4) is 33.8 Å². The van der Waals surface area contributed by atoms with Crippen LogP contribution in [0.3, 0.4) is 0 Å². The number of nitrogens with zero attached hydrogens (tertiary/aromatic N) is 9. The molecule has 4 aromatic carbocycles. The predicted molar refractivity (Wildman–Crippen MR) is 289 cm³/mol. The minimum absolute atomic E-state index is 0.0728. The Labute approximate surface area is 426 Å². The maximum atomic E-state index is 15.3. The van der Waals surface area contributed by atoms with Gasteiger partial charge in [-0.3, -0.25) is 44.3 Å². The Kier molecular flexibility index (Phi) is 10.5. The number of fused-ring (bicyclic) bond motifs is 9. The van der Waals surface area contributed by atoms with Crippen LogP contribution in [0.1, 0.15) is 31.1 Å². The summed E-state index contributed by atoms with van der Waals surface area (Å²) in [5, 5.41) is 3.98. The Hall–Kier alpha value is -10.4. The lowest BCUT2D eigenvalue weighted by atomic mass is 10.00. The van der Waals surface area contributed by atoms with Crippen LogP contribution in [0.25, 0.3) is 99.6 Å². The van der Waals surface area contributed by atoms with Crippen LogP contribution in [-0.2, 0) is 0 Å². The van der Waals surface area contributed by atoms with Gasteiger partial charge in [0, 0.05) is 126 Å². The van der Waals surface area contributed by atoms with Crippen molar-refractivity contribution in [3.05, 3.63) is 200 Å². The molecule has 0 saturated heterocycles. The molecule has 360 valence electrons. The van der Waals surface area contributed by atoms with Crippen molar-refractivity contribution in [1.82, 2.24) is 29.9 Å². The topological polar surface area (TPSA) is 178 Å². The summed E-state index contributed by atoms with van der Waals surface area (Å²) in [5.41, 5.74) is 9.24. The van der Waals surface area contributed by atoms with Crippen molar-refractivity contribution in [3.63, 3.8) is 0 Å². The molecule has 13 aromatic rings. The summed E-state index contributed by atoms with van der Waals surface area (Å²) >= 11 is 0. The van der Waals surface area contributed by atoms with Gasteiger partial charge in [0.2, 0.25) is 0 Å². The average Bonchev–Trinajstić information content (AvgIpc) is 4.24. The van der Waals surface area contributed by atoms with Gasteiger partial charge >= 0.3 is 0 Å². The molecule has 0 aliphatic rings. The van der Waals surface area contributed by atoms with E-state index in [0.717, 1.165) is 16.7 Å². The van der Waals surface area contributed by atoms with Crippen LogP contribution in [0.4, 0.5) is 17.1 Å². The SMILES string of the molecule is CN(C(=O)c1cc(C(=O)N(C)c2ccc(-c3ccccn3)c3oc4ccncc4c23)cc(C(=O)N(C)c2ccc(-c3ccccn3)c3oc4ccncc4c23)c1)c1ccc(-c2ccccn2)c2oc3ccncc3c12. The molecule has 15 nitrogen and oxygen atoms in total. The van der Waals surface area contributed by atoms with Gasteiger partial charge in [-0.1, -0.05) is 18.2 Å². The normalized spacial score (nSPS) is 11.6. The second-order valence-corrected chi connectivity index (χ2v) is 18.0. The molecule has 0 bridgehead atoms. The van der Waals surface area contributed by atoms with E-state index < -0.39 is 17.7 Å². The molecule has 0 atom stereocenters. The van der Waals surface area contributed by atoms with E-state index in [1.807, 2.05) is 91.0 Å². The molecule has 0 saturated carbocycles. The minimum atomic E-state index is -0.503. The third kappa shape index (κ3) is 7.32. The fraction of sp³-hybridized carbons (Fsp3) is 0.0500. The standard InChI is InChI=1S/C60H39N9O6/c1-67(46-16-13-37(43-10-4-7-22-64-43)55-52(46)40-31-61-25-19-49(40)73-55)58(70)34-28-35(59(71)68(2)47-17-14-38(44-11-5-8-23-65-44)56-53(47)41-32-62-26-20-50(41)74-56)30-36(29-34)60(72)69(3)48-18-15-39(45-12-6-9-24-66-45)57-54(48)42-33-63-27-21-51(42)75-57/h4-33H,1-3H3.